The Bertz CT molecular complexity index is 1340. The number of anilines is 1. The molecule has 1 fully saturated rings. The fourth-order valence-electron chi connectivity index (χ4n) is 4.15. The molecule has 9 heteroatoms. The van der Waals surface area contributed by atoms with Gasteiger partial charge < -0.3 is 10.2 Å². The smallest absolute Gasteiger partial charge is 0.284 e. The Labute approximate surface area is 205 Å². The van der Waals surface area contributed by atoms with Crippen molar-refractivity contribution in [2.75, 3.05) is 18.0 Å². The number of hydrogen-bond acceptors (Lipinski definition) is 5. The number of carbonyl (C=O) groups is 1. The number of nitrogens with zero attached hydrogens (tertiary/aromatic N) is 6. The summed E-state index contributed by atoms with van der Waals surface area (Å²) >= 11 is 0. The summed E-state index contributed by atoms with van der Waals surface area (Å²) in [4.78, 5) is 32.4. The van der Waals surface area contributed by atoms with Crippen LogP contribution >= 0.6 is 0 Å². The number of aromatic nitrogens is 5. The highest BCUT2D eigenvalue weighted by molar-refractivity contribution is 5.95. The summed E-state index contributed by atoms with van der Waals surface area (Å²) in [6.07, 6.45) is 4.31. The number of imidazole rings is 1. The Hall–Kier alpha value is -4.14. The summed E-state index contributed by atoms with van der Waals surface area (Å²) in [6, 6.07) is 13.1. The molecule has 1 saturated heterocycles. The molecule has 0 spiro atoms. The molecule has 3 aromatic heterocycles. The number of carbonyl (C=O) groups excluding carboxylic acids is 1. The second kappa shape index (κ2) is 11.3. The van der Waals surface area contributed by atoms with Gasteiger partial charge in [0.05, 0.1) is 11.4 Å². The van der Waals surface area contributed by atoms with Gasteiger partial charge in [0, 0.05) is 38.6 Å². The first kappa shape index (κ1) is 25.5. The van der Waals surface area contributed by atoms with Crippen molar-refractivity contribution >= 4 is 17.4 Å². The van der Waals surface area contributed by atoms with E-state index in [9.17, 15) is 9.59 Å². The van der Waals surface area contributed by atoms with Gasteiger partial charge in [0.15, 0.2) is 5.65 Å². The zero-order chi connectivity index (χ0) is 25.5. The monoisotopic (exact) mass is 475 g/mol. The van der Waals surface area contributed by atoms with Gasteiger partial charge >= 0.3 is 0 Å². The van der Waals surface area contributed by atoms with Crippen LogP contribution in [0.3, 0.4) is 0 Å². The number of para-hydroxylation sites is 1. The minimum atomic E-state index is -0.336. The summed E-state index contributed by atoms with van der Waals surface area (Å²) in [6.45, 7) is 13.2. The molecule has 1 aliphatic rings. The lowest BCUT2D eigenvalue weighted by molar-refractivity contribution is 0.0938. The first-order valence-corrected chi connectivity index (χ1v) is 11.7. The second-order valence-electron chi connectivity index (χ2n) is 7.76. The quantitative estimate of drug-likeness (QED) is 0.457. The molecule has 184 valence electrons. The van der Waals surface area contributed by atoms with Gasteiger partial charge in [0.1, 0.15) is 11.4 Å². The van der Waals surface area contributed by atoms with Gasteiger partial charge in [-0.05, 0) is 37.6 Å². The molecule has 5 rings (SSSR count). The summed E-state index contributed by atoms with van der Waals surface area (Å²) in [7, 11) is 1.79. The maximum absolute atomic E-state index is 13.1. The van der Waals surface area contributed by atoms with Crippen molar-refractivity contribution in [3.8, 4) is 5.69 Å². The fourth-order valence-corrected chi connectivity index (χ4v) is 4.15. The third-order valence-corrected chi connectivity index (χ3v) is 5.87. The third kappa shape index (κ3) is 5.03. The molecule has 35 heavy (non-hydrogen) atoms. The average molecular weight is 476 g/mol. The fraction of sp³-hybridized carbons (Fsp3) is 0.308. The zero-order valence-electron chi connectivity index (χ0n) is 20.8. The van der Waals surface area contributed by atoms with E-state index >= 15 is 0 Å². The average Bonchev–Trinajstić information content (AvgIpc) is 3.60. The molecule has 0 aliphatic carbocycles. The van der Waals surface area contributed by atoms with E-state index in [0.29, 0.717) is 12.2 Å². The molecule has 1 N–H and O–H groups in total. The molecule has 0 radical (unpaired) electrons. The first-order valence-electron chi connectivity index (χ1n) is 11.7. The number of benzene rings is 1. The van der Waals surface area contributed by atoms with Crippen molar-refractivity contribution in [1.82, 2.24) is 29.3 Å². The van der Waals surface area contributed by atoms with E-state index in [2.05, 4.69) is 33.5 Å². The largest absolute Gasteiger partial charge is 0.353 e. The Kier molecular flexibility index (Phi) is 8.25. The Balaban J connectivity index is 0.000000815. The minimum absolute atomic E-state index is 0.0584. The van der Waals surface area contributed by atoms with Crippen LogP contribution in [0.4, 0.5) is 5.82 Å². The lowest BCUT2D eigenvalue weighted by atomic mass is 10.2. The standard InChI is InChI=1S/C22H23N7O2.C2H6.C2H4/c1-15-20(22(31)29(26(15)2)17-6-4-3-5-7-17)21(30)24-16-10-12-27(14-16)19-9-8-18-23-11-13-28(18)25-19;2*1-2/h3-9,11,13,16H,10,12,14H2,1-2H3,(H,24,30);1-2H3;1-2H2/t16-;;/m0../s1. The SMILES string of the molecule is C=C.CC.Cc1c(C(=O)N[C@H]2CCN(c3ccc4nccn4n3)C2)c(=O)n(-c2ccccc2)n1C. The highest BCUT2D eigenvalue weighted by Crippen LogP contribution is 2.19. The van der Waals surface area contributed by atoms with E-state index in [4.69, 9.17) is 0 Å². The van der Waals surface area contributed by atoms with Crippen molar-refractivity contribution in [1.29, 1.82) is 0 Å². The molecule has 1 aliphatic heterocycles. The molecular weight excluding hydrogens is 442 g/mol. The molecule has 4 heterocycles. The number of amides is 1. The lowest BCUT2D eigenvalue weighted by Crippen LogP contribution is -2.39. The van der Waals surface area contributed by atoms with Gasteiger partial charge in [-0.15, -0.1) is 18.3 Å². The highest BCUT2D eigenvalue weighted by Gasteiger charge is 2.28. The molecule has 0 saturated carbocycles. The van der Waals surface area contributed by atoms with Gasteiger partial charge in [-0.2, -0.15) is 0 Å². The molecule has 9 nitrogen and oxygen atoms in total. The van der Waals surface area contributed by atoms with Crippen molar-refractivity contribution < 1.29 is 4.79 Å². The molecule has 1 amide bonds. The molecule has 4 aromatic rings. The lowest BCUT2D eigenvalue weighted by Gasteiger charge is -2.17. The van der Waals surface area contributed by atoms with Crippen LogP contribution in [0, 0.1) is 6.92 Å². The normalized spacial score (nSPS) is 14.6. The Morgan fingerprint density at radius 2 is 1.83 bits per heavy atom. The van der Waals surface area contributed by atoms with E-state index < -0.39 is 0 Å². The van der Waals surface area contributed by atoms with E-state index in [1.807, 2.05) is 62.5 Å². The van der Waals surface area contributed by atoms with Crippen LogP contribution in [0.15, 0.2) is 72.8 Å². The third-order valence-electron chi connectivity index (χ3n) is 5.87. The van der Waals surface area contributed by atoms with Gasteiger partial charge in [-0.25, -0.2) is 14.2 Å². The Morgan fingerprint density at radius 1 is 1.11 bits per heavy atom. The summed E-state index contributed by atoms with van der Waals surface area (Å²) in [5.41, 5.74) is 2.02. The number of hydrogen-bond donors (Lipinski definition) is 1. The van der Waals surface area contributed by atoms with Gasteiger partial charge in [-0.1, -0.05) is 32.0 Å². The summed E-state index contributed by atoms with van der Waals surface area (Å²) in [5.74, 6) is 0.502. The molecule has 1 atom stereocenters. The summed E-state index contributed by atoms with van der Waals surface area (Å²) in [5, 5.41) is 7.62. The van der Waals surface area contributed by atoms with Crippen LogP contribution in [0.25, 0.3) is 11.3 Å². The van der Waals surface area contributed by atoms with Crippen LogP contribution in [0.5, 0.6) is 0 Å². The minimum Gasteiger partial charge on any atom is -0.353 e. The maximum atomic E-state index is 13.1. The van der Waals surface area contributed by atoms with Crippen LogP contribution in [0.2, 0.25) is 0 Å². The van der Waals surface area contributed by atoms with Crippen molar-refractivity contribution in [3.63, 3.8) is 0 Å². The Morgan fingerprint density at radius 3 is 2.54 bits per heavy atom. The van der Waals surface area contributed by atoms with Crippen molar-refractivity contribution in [2.24, 2.45) is 7.05 Å². The number of nitrogens with one attached hydrogen (secondary N) is 1. The number of rotatable bonds is 4. The molecule has 0 bridgehead atoms. The number of fused-ring (bicyclic) bond motifs is 1. The van der Waals surface area contributed by atoms with E-state index in [1.54, 1.807) is 29.4 Å². The predicted octanol–water partition coefficient (Wildman–Crippen LogP) is 3.36. The van der Waals surface area contributed by atoms with Crippen LogP contribution in [-0.4, -0.2) is 49.0 Å². The van der Waals surface area contributed by atoms with Gasteiger partial charge in [0.2, 0.25) is 0 Å². The van der Waals surface area contributed by atoms with E-state index in [0.717, 1.165) is 30.1 Å². The summed E-state index contributed by atoms with van der Waals surface area (Å²) < 4.78 is 4.98. The van der Waals surface area contributed by atoms with E-state index in [-0.39, 0.29) is 23.1 Å². The van der Waals surface area contributed by atoms with Crippen molar-refractivity contribution in [2.45, 2.75) is 33.2 Å². The maximum Gasteiger partial charge on any atom is 0.284 e. The molecule has 0 unspecified atom stereocenters. The molecule has 1 aromatic carbocycles. The van der Waals surface area contributed by atoms with Crippen molar-refractivity contribution in [3.05, 3.63) is 89.6 Å². The second-order valence-corrected chi connectivity index (χ2v) is 7.76. The van der Waals surface area contributed by atoms with E-state index in [1.165, 1.54) is 4.68 Å². The topological polar surface area (TPSA) is 89.5 Å². The van der Waals surface area contributed by atoms with Crippen LogP contribution < -0.4 is 15.8 Å². The van der Waals surface area contributed by atoms with Crippen LogP contribution in [0.1, 0.15) is 36.3 Å². The predicted molar refractivity (Wildman–Crippen MR) is 139 cm³/mol. The highest BCUT2D eigenvalue weighted by atomic mass is 16.2. The van der Waals surface area contributed by atoms with Gasteiger partial charge in [-0.3, -0.25) is 14.3 Å². The first-order chi connectivity index (χ1) is 17.0. The van der Waals surface area contributed by atoms with Gasteiger partial charge in [0.25, 0.3) is 11.5 Å². The zero-order valence-corrected chi connectivity index (χ0v) is 20.8. The van der Waals surface area contributed by atoms with Crippen LogP contribution in [-0.2, 0) is 7.05 Å². The molecular formula is C26H33N7O2.